The molecule has 1 heterocycles. The second kappa shape index (κ2) is 6.24. The molecule has 18 heavy (non-hydrogen) atoms. The highest BCUT2D eigenvalue weighted by atomic mass is 127. The first-order chi connectivity index (χ1) is 8.70. The third-order valence-electron chi connectivity index (χ3n) is 2.82. The second-order valence-corrected chi connectivity index (χ2v) is 5.29. The van der Waals surface area contributed by atoms with Crippen LogP contribution in [0.15, 0.2) is 42.6 Å². The van der Waals surface area contributed by atoms with Gasteiger partial charge in [-0.1, -0.05) is 12.1 Å². The maximum Gasteiger partial charge on any atom is 0.146 e. The molecule has 2 aromatic rings. The van der Waals surface area contributed by atoms with Gasteiger partial charge in [-0.3, -0.25) is 4.98 Å². The van der Waals surface area contributed by atoms with Crippen molar-refractivity contribution in [2.24, 2.45) is 0 Å². The molecule has 0 amide bonds. The number of benzene rings is 1. The summed E-state index contributed by atoms with van der Waals surface area (Å²) in [6.45, 7) is 0. The molecule has 1 aromatic carbocycles. The zero-order chi connectivity index (χ0) is 13.0. The summed E-state index contributed by atoms with van der Waals surface area (Å²) >= 11 is 2.27. The SMILES string of the molecule is CNC(Cc1ccc(I)cc1)c1ncccc1F. The molecule has 0 bridgehead atoms. The number of aromatic nitrogens is 1. The van der Waals surface area contributed by atoms with Crippen molar-refractivity contribution in [3.63, 3.8) is 0 Å². The molecule has 0 spiro atoms. The first kappa shape index (κ1) is 13.4. The molecule has 1 unspecified atom stereocenters. The molecule has 0 saturated heterocycles. The molecule has 0 fully saturated rings. The van der Waals surface area contributed by atoms with Crippen LogP contribution in [0.4, 0.5) is 4.39 Å². The van der Waals surface area contributed by atoms with E-state index in [9.17, 15) is 4.39 Å². The lowest BCUT2D eigenvalue weighted by Gasteiger charge is -2.16. The first-order valence-corrected chi connectivity index (χ1v) is 6.80. The van der Waals surface area contributed by atoms with E-state index in [2.05, 4.69) is 57.2 Å². The van der Waals surface area contributed by atoms with Crippen molar-refractivity contribution >= 4 is 22.6 Å². The third-order valence-corrected chi connectivity index (χ3v) is 3.54. The molecular formula is C14H14FIN2. The van der Waals surface area contributed by atoms with Crippen molar-refractivity contribution < 1.29 is 4.39 Å². The van der Waals surface area contributed by atoms with E-state index in [-0.39, 0.29) is 11.9 Å². The summed E-state index contributed by atoms with van der Waals surface area (Å²) in [7, 11) is 1.82. The molecule has 0 saturated carbocycles. The number of hydrogen-bond donors (Lipinski definition) is 1. The van der Waals surface area contributed by atoms with Crippen LogP contribution in [0.3, 0.4) is 0 Å². The van der Waals surface area contributed by atoms with E-state index >= 15 is 0 Å². The largest absolute Gasteiger partial charge is 0.311 e. The van der Waals surface area contributed by atoms with Gasteiger partial charge < -0.3 is 5.32 Å². The molecular weight excluding hydrogens is 342 g/mol. The maximum absolute atomic E-state index is 13.7. The first-order valence-electron chi connectivity index (χ1n) is 5.73. The number of nitrogens with zero attached hydrogens (tertiary/aromatic N) is 1. The lowest BCUT2D eigenvalue weighted by Crippen LogP contribution is -2.21. The second-order valence-electron chi connectivity index (χ2n) is 4.04. The van der Waals surface area contributed by atoms with Gasteiger partial charge in [0.25, 0.3) is 0 Å². The molecule has 0 radical (unpaired) electrons. The summed E-state index contributed by atoms with van der Waals surface area (Å²) in [5.41, 5.74) is 1.64. The van der Waals surface area contributed by atoms with E-state index in [1.165, 1.54) is 15.2 Å². The zero-order valence-electron chi connectivity index (χ0n) is 10.0. The van der Waals surface area contributed by atoms with E-state index in [1.807, 2.05) is 7.05 Å². The van der Waals surface area contributed by atoms with Gasteiger partial charge in [0.05, 0.1) is 11.7 Å². The number of rotatable bonds is 4. The van der Waals surface area contributed by atoms with Crippen LogP contribution in [0.5, 0.6) is 0 Å². The van der Waals surface area contributed by atoms with Crippen molar-refractivity contribution in [3.8, 4) is 0 Å². The Bertz CT molecular complexity index is 513. The fourth-order valence-corrected chi connectivity index (χ4v) is 2.21. The summed E-state index contributed by atoms with van der Waals surface area (Å²) in [5, 5.41) is 3.12. The Balaban J connectivity index is 2.20. The predicted octanol–water partition coefficient (Wildman–Crippen LogP) is 3.33. The van der Waals surface area contributed by atoms with E-state index in [0.717, 1.165) is 6.42 Å². The molecule has 0 aliphatic carbocycles. The molecule has 1 atom stereocenters. The minimum Gasteiger partial charge on any atom is -0.311 e. The fraction of sp³-hybridized carbons (Fsp3) is 0.214. The standard InChI is InChI=1S/C14H14FIN2/c1-17-13(14-12(15)3-2-8-18-14)9-10-4-6-11(16)7-5-10/h2-8,13,17H,9H2,1H3. The number of likely N-dealkylation sites (N-methyl/N-ethyl adjacent to an activating group) is 1. The average Bonchev–Trinajstić information content (AvgIpc) is 2.39. The van der Waals surface area contributed by atoms with Crippen LogP contribution < -0.4 is 5.32 Å². The van der Waals surface area contributed by atoms with Gasteiger partial charge in [-0.05, 0) is 65.9 Å². The molecule has 2 nitrogen and oxygen atoms in total. The van der Waals surface area contributed by atoms with Gasteiger partial charge in [0.2, 0.25) is 0 Å². The molecule has 0 aliphatic rings. The minimum atomic E-state index is -0.262. The maximum atomic E-state index is 13.7. The van der Waals surface area contributed by atoms with Crippen molar-refractivity contribution in [1.29, 1.82) is 0 Å². The predicted molar refractivity (Wildman–Crippen MR) is 78.9 cm³/mol. The quantitative estimate of drug-likeness (QED) is 0.851. The van der Waals surface area contributed by atoms with E-state index < -0.39 is 0 Å². The molecule has 1 N–H and O–H groups in total. The van der Waals surface area contributed by atoms with Crippen LogP contribution in [0.2, 0.25) is 0 Å². The highest BCUT2D eigenvalue weighted by Crippen LogP contribution is 2.19. The van der Waals surface area contributed by atoms with Gasteiger partial charge in [0, 0.05) is 9.77 Å². The van der Waals surface area contributed by atoms with Gasteiger partial charge in [0.1, 0.15) is 5.82 Å². The number of pyridine rings is 1. The lowest BCUT2D eigenvalue weighted by molar-refractivity contribution is 0.517. The van der Waals surface area contributed by atoms with Crippen molar-refractivity contribution in [1.82, 2.24) is 10.3 Å². The van der Waals surface area contributed by atoms with Crippen molar-refractivity contribution in [3.05, 3.63) is 63.2 Å². The third kappa shape index (κ3) is 3.26. The monoisotopic (exact) mass is 356 g/mol. The van der Waals surface area contributed by atoms with Crippen LogP contribution in [0.25, 0.3) is 0 Å². The Kier molecular flexibility index (Phi) is 4.66. The molecule has 1 aromatic heterocycles. The van der Waals surface area contributed by atoms with E-state index in [0.29, 0.717) is 5.69 Å². The van der Waals surface area contributed by atoms with Crippen LogP contribution >= 0.6 is 22.6 Å². The van der Waals surface area contributed by atoms with Gasteiger partial charge >= 0.3 is 0 Å². The van der Waals surface area contributed by atoms with Crippen molar-refractivity contribution in [2.75, 3.05) is 7.05 Å². The van der Waals surface area contributed by atoms with Crippen LogP contribution in [0.1, 0.15) is 17.3 Å². The Labute approximate surface area is 120 Å². The lowest BCUT2D eigenvalue weighted by atomic mass is 10.0. The summed E-state index contributed by atoms with van der Waals surface area (Å²) < 4.78 is 14.9. The summed E-state index contributed by atoms with van der Waals surface area (Å²) in [6.07, 6.45) is 2.35. The number of hydrogen-bond acceptors (Lipinski definition) is 2. The van der Waals surface area contributed by atoms with Gasteiger partial charge in [-0.15, -0.1) is 0 Å². The Morgan fingerprint density at radius 3 is 2.61 bits per heavy atom. The molecule has 94 valence electrons. The van der Waals surface area contributed by atoms with Gasteiger partial charge in [0.15, 0.2) is 0 Å². The molecule has 4 heteroatoms. The van der Waals surface area contributed by atoms with Crippen molar-refractivity contribution in [2.45, 2.75) is 12.5 Å². The average molecular weight is 356 g/mol. The highest BCUT2D eigenvalue weighted by molar-refractivity contribution is 14.1. The van der Waals surface area contributed by atoms with Crippen LogP contribution in [-0.4, -0.2) is 12.0 Å². The van der Waals surface area contributed by atoms with Gasteiger partial charge in [-0.25, -0.2) is 4.39 Å². The molecule has 0 aliphatic heterocycles. The Morgan fingerprint density at radius 2 is 2.00 bits per heavy atom. The van der Waals surface area contributed by atoms with Gasteiger partial charge in [-0.2, -0.15) is 0 Å². The normalized spacial score (nSPS) is 12.4. The minimum absolute atomic E-state index is 0.105. The number of nitrogens with one attached hydrogen (secondary N) is 1. The van der Waals surface area contributed by atoms with Crippen LogP contribution in [-0.2, 0) is 6.42 Å². The summed E-state index contributed by atoms with van der Waals surface area (Å²) in [5.74, 6) is -0.262. The fourth-order valence-electron chi connectivity index (χ4n) is 1.85. The highest BCUT2D eigenvalue weighted by Gasteiger charge is 2.15. The molecule has 2 rings (SSSR count). The number of halogens is 2. The van der Waals surface area contributed by atoms with Crippen LogP contribution in [0, 0.1) is 9.39 Å². The Hall–Kier alpha value is -1.01. The Morgan fingerprint density at radius 1 is 1.28 bits per heavy atom. The van der Waals surface area contributed by atoms with E-state index in [1.54, 1.807) is 12.3 Å². The zero-order valence-corrected chi connectivity index (χ0v) is 12.2. The summed E-state index contributed by atoms with van der Waals surface area (Å²) in [4.78, 5) is 4.12. The topological polar surface area (TPSA) is 24.9 Å². The summed E-state index contributed by atoms with van der Waals surface area (Å²) in [6, 6.07) is 11.2. The smallest absolute Gasteiger partial charge is 0.146 e. The van der Waals surface area contributed by atoms with E-state index in [4.69, 9.17) is 0 Å².